The summed E-state index contributed by atoms with van der Waals surface area (Å²) < 4.78 is 0.725. The van der Waals surface area contributed by atoms with E-state index in [2.05, 4.69) is 50.3 Å². The van der Waals surface area contributed by atoms with Crippen molar-refractivity contribution >= 4 is 50.3 Å². The maximum atomic E-state index is 12.1. The van der Waals surface area contributed by atoms with Crippen LogP contribution in [0.3, 0.4) is 0 Å². The fourth-order valence-corrected chi connectivity index (χ4v) is 3.71. The third kappa shape index (κ3) is 3.91. The zero-order valence-corrected chi connectivity index (χ0v) is 15.4. The molecular formula is C17H16BrN3O2S. The maximum Gasteiger partial charge on any atom is 0.323 e. The Morgan fingerprint density at radius 1 is 1.21 bits per heavy atom. The molecule has 0 aliphatic heterocycles. The molecule has 3 N–H and O–H groups in total. The quantitative estimate of drug-likeness (QED) is 0.603. The highest BCUT2D eigenvalue weighted by Gasteiger charge is 2.09. The lowest BCUT2D eigenvalue weighted by molar-refractivity contribution is -0.113. The van der Waals surface area contributed by atoms with Gasteiger partial charge in [-0.2, -0.15) is 0 Å². The van der Waals surface area contributed by atoms with Crippen LogP contribution >= 0.6 is 27.7 Å². The van der Waals surface area contributed by atoms with Crippen molar-refractivity contribution in [1.82, 2.24) is 9.97 Å². The summed E-state index contributed by atoms with van der Waals surface area (Å²) in [5.74, 6) is 1.08. The highest BCUT2D eigenvalue weighted by molar-refractivity contribution is 9.10. The molecule has 5 nitrogen and oxygen atoms in total. The summed E-state index contributed by atoms with van der Waals surface area (Å²) >= 11 is 4.98. The molecule has 0 saturated carbocycles. The monoisotopic (exact) mass is 405 g/mol. The van der Waals surface area contributed by atoms with Gasteiger partial charge in [-0.15, -0.1) is 11.8 Å². The van der Waals surface area contributed by atoms with Gasteiger partial charge in [0, 0.05) is 10.2 Å². The molecule has 3 rings (SSSR count). The van der Waals surface area contributed by atoms with Gasteiger partial charge in [-0.3, -0.25) is 4.79 Å². The van der Waals surface area contributed by atoms with E-state index in [-0.39, 0.29) is 11.6 Å². The molecule has 0 saturated heterocycles. The molecule has 2 aromatic carbocycles. The number of H-pyrrole nitrogens is 2. The van der Waals surface area contributed by atoms with Gasteiger partial charge >= 0.3 is 5.69 Å². The minimum absolute atomic E-state index is 0.0773. The molecule has 0 aliphatic carbocycles. The Hall–Kier alpha value is -1.99. The van der Waals surface area contributed by atoms with Crippen molar-refractivity contribution in [2.24, 2.45) is 0 Å². The highest BCUT2D eigenvalue weighted by atomic mass is 79.9. The number of hydrogen-bond donors (Lipinski definition) is 3. The van der Waals surface area contributed by atoms with Gasteiger partial charge in [-0.05, 0) is 46.1 Å². The summed E-state index contributed by atoms with van der Waals surface area (Å²) in [6.07, 6.45) is 0. The topological polar surface area (TPSA) is 77.8 Å². The van der Waals surface area contributed by atoms with E-state index in [4.69, 9.17) is 0 Å². The summed E-state index contributed by atoms with van der Waals surface area (Å²) in [6.45, 7) is 2.07. The summed E-state index contributed by atoms with van der Waals surface area (Å²) in [4.78, 5) is 28.8. The molecule has 124 valence electrons. The normalized spacial score (nSPS) is 10.9. The second kappa shape index (κ2) is 7.27. The van der Waals surface area contributed by atoms with E-state index in [0.717, 1.165) is 10.2 Å². The Morgan fingerprint density at radius 2 is 1.92 bits per heavy atom. The third-order valence-corrected chi connectivity index (χ3v) is 5.27. The van der Waals surface area contributed by atoms with E-state index in [1.807, 2.05) is 12.1 Å². The van der Waals surface area contributed by atoms with E-state index in [0.29, 0.717) is 22.5 Å². The number of benzene rings is 2. The fraction of sp³-hybridized carbons (Fsp3) is 0.176. The minimum atomic E-state index is -0.269. The molecule has 0 atom stereocenters. The molecule has 1 amide bonds. The Morgan fingerprint density at radius 3 is 2.67 bits per heavy atom. The lowest BCUT2D eigenvalue weighted by Crippen LogP contribution is -2.14. The first kappa shape index (κ1) is 16.9. The first-order valence-electron chi connectivity index (χ1n) is 7.36. The number of amides is 1. The molecule has 1 aromatic heterocycles. The van der Waals surface area contributed by atoms with E-state index in [1.54, 1.807) is 23.9 Å². The Labute approximate surface area is 151 Å². The summed E-state index contributed by atoms with van der Waals surface area (Å²) in [6, 6.07) is 11.7. The largest absolute Gasteiger partial charge is 0.324 e. The SMILES string of the molecule is Cc1ccccc1CSCC(=O)Nc1cc2[nH]c(=O)[nH]c2cc1Br. The van der Waals surface area contributed by atoms with Gasteiger partial charge in [0.25, 0.3) is 0 Å². The maximum absolute atomic E-state index is 12.1. The van der Waals surface area contributed by atoms with E-state index in [1.165, 1.54) is 11.1 Å². The minimum Gasteiger partial charge on any atom is -0.324 e. The number of nitrogens with one attached hydrogen (secondary N) is 3. The smallest absolute Gasteiger partial charge is 0.323 e. The molecule has 0 radical (unpaired) electrons. The molecule has 24 heavy (non-hydrogen) atoms. The van der Waals surface area contributed by atoms with Crippen LogP contribution in [0.5, 0.6) is 0 Å². The van der Waals surface area contributed by atoms with Crippen LogP contribution in [0.2, 0.25) is 0 Å². The third-order valence-electron chi connectivity index (χ3n) is 3.63. The molecule has 0 aliphatic rings. The molecule has 0 fully saturated rings. The van der Waals surface area contributed by atoms with Crippen LogP contribution in [0.4, 0.5) is 5.69 Å². The second-order valence-electron chi connectivity index (χ2n) is 5.42. The molecular weight excluding hydrogens is 390 g/mol. The van der Waals surface area contributed by atoms with Crippen LogP contribution in [0.25, 0.3) is 11.0 Å². The number of hydrogen-bond acceptors (Lipinski definition) is 3. The Bertz CT molecular complexity index is 948. The van der Waals surface area contributed by atoms with E-state index >= 15 is 0 Å². The fourth-order valence-electron chi connectivity index (χ4n) is 2.36. The lowest BCUT2D eigenvalue weighted by atomic mass is 10.1. The highest BCUT2D eigenvalue weighted by Crippen LogP contribution is 2.26. The predicted octanol–water partition coefficient (Wildman–Crippen LogP) is 3.80. The first-order chi connectivity index (χ1) is 11.5. The summed E-state index contributed by atoms with van der Waals surface area (Å²) in [7, 11) is 0. The van der Waals surface area contributed by atoms with Crippen LogP contribution < -0.4 is 11.0 Å². The zero-order valence-electron chi connectivity index (χ0n) is 13.0. The number of aryl methyl sites for hydroxylation is 1. The van der Waals surface area contributed by atoms with Gasteiger partial charge in [0.1, 0.15) is 0 Å². The number of imidazole rings is 1. The predicted molar refractivity (Wildman–Crippen MR) is 103 cm³/mol. The molecule has 1 heterocycles. The van der Waals surface area contributed by atoms with Crippen molar-refractivity contribution in [3.63, 3.8) is 0 Å². The van der Waals surface area contributed by atoms with Gasteiger partial charge in [0.15, 0.2) is 0 Å². The second-order valence-corrected chi connectivity index (χ2v) is 7.26. The van der Waals surface area contributed by atoms with Crippen molar-refractivity contribution in [2.45, 2.75) is 12.7 Å². The molecule has 0 unspecified atom stereocenters. The molecule has 3 aromatic rings. The summed E-state index contributed by atoms with van der Waals surface area (Å²) in [5.41, 5.74) is 4.19. The number of anilines is 1. The van der Waals surface area contributed by atoms with Crippen LogP contribution in [0, 0.1) is 6.92 Å². The van der Waals surface area contributed by atoms with Crippen LogP contribution in [-0.4, -0.2) is 21.6 Å². The number of thioether (sulfide) groups is 1. The number of carbonyl (C=O) groups is 1. The van der Waals surface area contributed by atoms with Gasteiger partial charge in [0.2, 0.25) is 5.91 Å². The average molecular weight is 406 g/mol. The van der Waals surface area contributed by atoms with Crippen molar-refractivity contribution in [3.8, 4) is 0 Å². The molecule has 0 spiro atoms. The van der Waals surface area contributed by atoms with Gasteiger partial charge in [-0.25, -0.2) is 4.79 Å². The number of aromatic amines is 2. The lowest BCUT2D eigenvalue weighted by Gasteiger charge is -2.08. The number of aromatic nitrogens is 2. The zero-order chi connectivity index (χ0) is 17.1. The Kier molecular flexibility index (Phi) is 5.11. The van der Waals surface area contributed by atoms with Crippen molar-refractivity contribution in [3.05, 3.63) is 62.5 Å². The van der Waals surface area contributed by atoms with Crippen LogP contribution in [0.1, 0.15) is 11.1 Å². The van der Waals surface area contributed by atoms with Gasteiger partial charge < -0.3 is 15.3 Å². The Balaban J connectivity index is 1.61. The molecule has 7 heteroatoms. The van der Waals surface area contributed by atoms with Crippen molar-refractivity contribution < 1.29 is 4.79 Å². The van der Waals surface area contributed by atoms with Crippen molar-refractivity contribution in [1.29, 1.82) is 0 Å². The van der Waals surface area contributed by atoms with Gasteiger partial charge in [0.05, 0.1) is 22.5 Å². The van der Waals surface area contributed by atoms with E-state index < -0.39 is 0 Å². The van der Waals surface area contributed by atoms with E-state index in [9.17, 15) is 9.59 Å². The first-order valence-corrected chi connectivity index (χ1v) is 9.31. The number of carbonyl (C=O) groups excluding carboxylic acids is 1. The van der Waals surface area contributed by atoms with Crippen molar-refractivity contribution in [2.75, 3.05) is 11.1 Å². The number of fused-ring (bicyclic) bond motifs is 1. The van der Waals surface area contributed by atoms with Crippen LogP contribution in [-0.2, 0) is 10.5 Å². The average Bonchev–Trinajstić information content (AvgIpc) is 2.88. The van der Waals surface area contributed by atoms with Crippen LogP contribution in [0.15, 0.2) is 45.7 Å². The number of halogens is 1. The van der Waals surface area contributed by atoms with Gasteiger partial charge in [-0.1, -0.05) is 24.3 Å². The molecule has 0 bridgehead atoms. The summed E-state index contributed by atoms with van der Waals surface area (Å²) in [5, 5.41) is 2.87. The standard InChI is InChI=1S/C17H16BrN3O2S/c1-10-4-2-3-5-11(10)8-24-9-16(22)19-13-7-15-14(6-12(13)18)20-17(23)21-15/h2-7H,8-9H2,1H3,(H,19,22)(H2,20,21,23). The number of rotatable bonds is 5.